The first-order valence-electron chi connectivity index (χ1n) is 8.86. The molecule has 0 unspecified atom stereocenters. The number of aryl methyl sites for hydroxylation is 1. The molecule has 27 heavy (non-hydrogen) atoms. The van der Waals surface area contributed by atoms with Crippen molar-refractivity contribution in [2.45, 2.75) is 12.8 Å². The van der Waals surface area contributed by atoms with Gasteiger partial charge in [0.2, 0.25) is 7.29 Å². The van der Waals surface area contributed by atoms with E-state index in [4.69, 9.17) is 0 Å². The van der Waals surface area contributed by atoms with E-state index >= 15 is 0 Å². The van der Waals surface area contributed by atoms with Crippen molar-refractivity contribution < 1.29 is 9.36 Å². The molecule has 0 saturated heterocycles. The third-order valence-electron chi connectivity index (χ3n) is 4.12. The fourth-order valence-corrected chi connectivity index (χ4v) is 4.86. The van der Waals surface area contributed by atoms with Gasteiger partial charge in [0.1, 0.15) is 0 Å². The number of hydrogen-bond donors (Lipinski definition) is 2. The first kappa shape index (κ1) is 18.9. The molecule has 2 aromatic carbocycles. The molecule has 5 nitrogen and oxygen atoms in total. The molecule has 3 aromatic rings. The molecule has 0 aliphatic carbocycles. The number of amides is 2. The predicted octanol–water partition coefficient (Wildman–Crippen LogP) is 3.24. The Morgan fingerprint density at radius 1 is 0.852 bits per heavy atom. The molecule has 2 amide bonds. The molecule has 6 heteroatoms. The van der Waals surface area contributed by atoms with Crippen molar-refractivity contribution in [2.75, 3.05) is 6.54 Å². The van der Waals surface area contributed by atoms with Crippen LogP contribution in [0.25, 0.3) is 0 Å². The van der Waals surface area contributed by atoms with Crippen LogP contribution in [0.2, 0.25) is 0 Å². The van der Waals surface area contributed by atoms with Crippen molar-refractivity contribution in [3.05, 3.63) is 90.8 Å². The van der Waals surface area contributed by atoms with Crippen LogP contribution in [0, 0.1) is 0 Å². The number of pyridine rings is 1. The van der Waals surface area contributed by atoms with Gasteiger partial charge in [0.15, 0.2) is 0 Å². The maximum Gasteiger partial charge on any atom is 0.320 e. The van der Waals surface area contributed by atoms with Crippen LogP contribution in [0.3, 0.4) is 0 Å². The lowest BCUT2D eigenvalue weighted by atomic mass is 10.2. The van der Waals surface area contributed by atoms with Gasteiger partial charge in [0.25, 0.3) is 0 Å². The van der Waals surface area contributed by atoms with Crippen molar-refractivity contribution in [1.29, 1.82) is 0 Å². The smallest absolute Gasteiger partial charge is 0.320 e. The molecule has 1 heterocycles. The predicted molar refractivity (Wildman–Crippen MR) is 109 cm³/mol. The molecular weight excluding hydrogens is 357 g/mol. The Hall–Kier alpha value is -2.91. The Balaban J connectivity index is 1.64. The lowest BCUT2D eigenvalue weighted by Crippen LogP contribution is -2.39. The summed E-state index contributed by atoms with van der Waals surface area (Å²) in [7, 11) is -3.26. The van der Waals surface area contributed by atoms with E-state index in [9.17, 15) is 9.36 Å². The molecule has 138 valence electrons. The third kappa shape index (κ3) is 5.05. The molecule has 2 N–H and O–H groups in total. The molecule has 0 aliphatic rings. The van der Waals surface area contributed by atoms with Crippen molar-refractivity contribution in [2.24, 2.45) is 0 Å². The van der Waals surface area contributed by atoms with Crippen LogP contribution in [0.15, 0.2) is 85.1 Å². The zero-order chi connectivity index (χ0) is 19.0. The van der Waals surface area contributed by atoms with Crippen LogP contribution < -0.4 is 21.0 Å². The molecule has 1 aromatic heterocycles. The van der Waals surface area contributed by atoms with Gasteiger partial charge in [0, 0.05) is 29.0 Å². The van der Waals surface area contributed by atoms with Crippen molar-refractivity contribution in [3.8, 4) is 0 Å². The quantitative estimate of drug-likeness (QED) is 0.489. The molecule has 0 spiro atoms. The number of carbonyl (C=O) groups excluding carboxylic acids is 1. The second-order valence-corrected chi connectivity index (χ2v) is 8.55. The van der Waals surface area contributed by atoms with E-state index in [2.05, 4.69) is 15.4 Å². The Morgan fingerprint density at radius 3 is 2.00 bits per heavy atom. The van der Waals surface area contributed by atoms with Gasteiger partial charge < -0.3 is 5.32 Å². The van der Waals surface area contributed by atoms with Crippen molar-refractivity contribution in [1.82, 2.24) is 15.4 Å². The molecule has 0 saturated carbocycles. The lowest BCUT2D eigenvalue weighted by molar-refractivity contribution is 0.246. The number of hydrogen-bond acceptors (Lipinski definition) is 3. The lowest BCUT2D eigenvalue weighted by Gasteiger charge is -2.20. The van der Waals surface area contributed by atoms with Crippen LogP contribution in [0.4, 0.5) is 4.79 Å². The summed E-state index contributed by atoms with van der Waals surface area (Å²) in [4.78, 5) is 16.7. The topological polar surface area (TPSA) is 71.1 Å². The molecule has 3 rings (SSSR count). The standard InChI is InChI=1S/C21H22N3O2P/c25-21(23-17-9-11-18-10-7-8-16-22-18)24-27(26,19-12-3-1-4-13-19)20-14-5-2-6-15-20/h1-8,10,12-16H,9,11,17H2,(H2,23,24,25,26). The summed E-state index contributed by atoms with van der Waals surface area (Å²) in [5, 5.41) is 6.71. The fourth-order valence-electron chi connectivity index (χ4n) is 2.75. The summed E-state index contributed by atoms with van der Waals surface area (Å²) in [5.41, 5.74) is 0.985. The minimum Gasteiger partial charge on any atom is -0.338 e. The van der Waals surface area contributed by atoms with E-state index < -0.39 is 13.3 Å². The number of nitrogens with one attached hydrogen (secondary N) is 2. The van der Waals surface area contributed by atoms with Gasteiger partial charge in [-0.2, -0.15) is 0 Å². The molecular formula is C21H22N3O2P. The van der Waals surface area contributed by atoms with Gasteiger partial charge in [-0.05, 0) is 49.2 Å². The summed E-state index contributed by atoms with van der Waals surface area (Å²) in [6, 6.07) is 23.4. The zero-order valence-electron chi connectivity index (χ0n) is 14.9. The number of urea groups is 1. The van der Waals surface area contributed by atoms with E-state index in [0.29, 0.717) is 17.2 Å². The van der Waals surface area contributed by atoms with Crippen LogP contribution in [-0.2, 0) is 11.0 Å². The van der Waals surface area contributed by atoms with E-state index in [1.807, 2.05) is 54.6 Å². The van der Waals surface area contributed by atoms with Crippen molar-refractivity contribution in [3.63, 3.8) is 0 Å². The number of carbonyl (C=O) groups is 1. The van der Waals surface area contributed by atoms with E-state index in [1.54, 1.807) is 30.5 Å². The zero-order valence-corrected chi connectivity index (χ0v) is 15.8. The average Bonchev–Trinajstić information content (AvgIpc) is 2.73. The maximum atomic E-state index is 13.7. The minimum absolute atomic E-state index is 0.438. The molecule has 0 fully saturated rings. The molecule has 0 bridgehead atoms. The Kier molecular flexibility index (Phi) is 6.39. The number of benzene rings is 2. The monoisotopic (exact) mass is 379 g/mol. The van der Waals surface area contributed by atoms with Gasteiger partial charge in [-0.3, -0.25) is 14.6 Å². The second kappa shape index (κ2) is 9.15. The number of aromatic nitrogens is 1. The summed E-state index contributed by atoms with van der Waals surface area (Å²) in [5.74, 6) is 0. The van der Waals surface area contributed by atoms with Crippen LogP contribution in [-0.4, -0.2) is 17.6 Å². The average molecular weight is 379 g/mol. The highest BCUT2D eigenvalue weighted by Gasteiger charge is 2.29. The second-order valence-electron chi connectivity index (χ2n) is 6.07. The van der Waals surface area contributed by atoms with E-state index in [0.717, 1.165) is 18.5 Å². The maximum absolute atomic E-state index is 13.7. The van der Waals surface area contributed by atoms with Crippen LogP contribution in [0.5, 0.6) is 0 Å². The first-order valence-corrected chi connectivity index (χ1v) is 10.6. The van der Waals surface area contributed by atoms with Gasteiger partial charge in [0.05, 0.1) is 0 Å². The van der Waals surface area contributed by atoms with Gasteiger partial charge in [-0.25, -0.2) is 4.79 Å². The fraction of sp³-hybridized carbons (Fsp3) is 0.143. The van der Waals surface area contributed by atoms with Crippen molar-refractivity contribution >= 4 is 23.9 Å². The third-order valence-corrected chi connectivity index (χ3v) is 6.69. The molecule has 0 aliphatic heterocycles. The summed E-state index contributed by atoms with van der Waals surface area (Å²) in [6.07, 6.45) is 3.28. The highest BCUT2D eigenvalue weighted by molar-refractivity contribution is 7.77. The largest absolute Gasteiger partial charge is 0.338 e. The normalized spacial score (nSPS) is 11.0. The Morgan fingerprint density at radius 2 is 1.44 bits per heavy atom. The summed E-state index contributed by atoms with van der Waals surface area (Å²) < 4.78 is 13.7. The van der Waals surface area contributed by atoms with Gasteiger partial charge in [-0.15, -0.1) is 0 Å². The van der Waals surface area contributed by atoms with Gasteiger partial charge >= 0.3 is 6.03 Å². The SMILES string of the molecule is O=C(NCCCc1ccccn1)NP(=O)(c1ccccc1)c1ccccc1. The Labute approximate surface area is 159 Å². The summed E-state index contributed by atoms with van der Waals surface area (Å²) >= 11 is 0. The number of rotatable bonds is 7. The van der Waals surface area contributed by atoms with Crippen LogP contribution in [0.1, 0.15) is 12.1 Å². The number of nitrogens with zero attached hydrogens (tertiary/aromatic N) is 1. The van der Waals surface area contributed by atoms with Gasteiger partial charge in [-0.1, -0.05) is 42.5 Å². The molecule has 0 atom stereocenters. The highest BCUT2D eigenvalue weighted by atomic mass is 31.2. The van der Waals surface area contributed by atoms with E-state index in [-0.39, 0.29) is 0 Å². The van der Waals surface area contributed by atoms with Crippen LogP contribution >= 0.6 is 7.29 Å². The first-order chi connectivity index (χ1) is 13.2. The summed E-state index contributed by atoms with van der Waals surface area (Å²) in [6.45, 7) is 0.478. The highest BCUT2D eigenvalue weighted by Crippen LogP contribution is 2.38. The molecule has 0 radical (unpaired) electrons. The minimum atomic E-state index is -3.26. The van der Waals surface area contributed by atoms with E-state index in [1.165, 1.54) is 0 Å². The Bertz CT molecular complexity index is 859.